The maximum absolute atomic E-state index is 12.1. The number of ether oxygens (including phenoxy) is 1. The molecular weight excluding hydrogens is 338 g/mol. The Hall–Kier alpha value is -3.06. The fraction of sp³-hybridized carbons (Fsp3) is 0.263. The molecule has 5 N–H and O–H groups in total. The summed E-state index contributed by atoms with van der Waals surface area (Å²) in [5, 5.41) is 28.4. The maximum atomic E-state index is 12.1. The van der Waals surface area contributed by atoms with Crippen LogP contribution in [0.25, 0.3) is 0 Å². The van der Waals surface area contributed by atoms with Crippen molar-refractivity contribution in [2.75, 3.05) is 0 Å². The van der Waals surface area contributed by atoms with Crippen molar-refractivity contribution >= 4 is 11.9 Å². The number of hydrogen-bond acceptors (Lipinski definition) is 6. The molecule has 138 valence electrons. The van der Waals surface area contributed by atoms with Crippen molar-refractivity contribution in [1.29, 1.82) is 0 Å². The Morgan fingerprint density at radius 1 is 1.08 bits per heavy atom. The zero-order chi connectivity index (χ0) is 19.3. The number of hydrogen-bond donors (Lipinski definition) is 4. The molecule has 0 heterocycles. The van der Waals surface area contributed by atoms with Gasteiger partial charge < -0.3 is 25.8 Å². The summed E-state index contributed by atoms with van der Waals surface area (Å²) < 4.78 is 5.37. The van der Waals surface area contributed by atoms with Crippen LogP contribution in [0.2, 0.25) is 0 Å². The highest BCUT2D eigenvalue weighted by atomic mass is 16.5. The molecule has 0 spiro atoms. The third-order valence-corrected chi connectivity index (χ3v) is 4.05. The number of phenolic OH excluding ortho intramolecular Hbond substituents is 2. The molecule has 2 unspecified atom stereocenters. The molecule has 7 nitrogen and oxygen atoms in total. The molecule has 0 aliphatic heterocycles. The summed E-state index contributed by atoms with van der Waals surface area (Å²) >= 11 is 0. The Morgan fingerprint density at radius 2 is 1.73 bits per heavy atom. The molecule has 26 heavy (non-hydrogen) atoms. The van der Waals surface area contributed by atoms with Crippen LogP contribution in [0.5, 0.6) is 11.5 Å². The van der Waals surface area contributed by atoms with Crippen LogP contribution in [0.15, 0.2) is 48.5 Å². The molecule has 0 aliphatic carbocycles. The van der Waals surface area contributed by atoms with Gasteiger partial charge >= 0.3 is 11.9 Å². The highest BCUT2D eigenvalue weighted by molar-refractivity contribution is 5.89. The van der Waals surface area contributed by atoms with Crippen molar-refractivity contribution in [2.45, 2.75) is 31.4 Å². The van der Waals surface area contributed by atoms with Crippen LogP contribution in [-0.2, 0) is 9.53 Å². The number of carboxylic acids is 1. The molecule has 0 saturated heterocycles. The van der Waals surface area contributed by atoms with Gasteiger partial charge in [-0.3, -0.25) is 4.79 Å². The SMILES string of the molecule is CC(CC(c1ccc(O)c(O)c1)[C@@H](N)C(=O)O)OC(=O)c1ccccc1. The number of rotatable bonds is 7. The summed E-state index contributed by atoms with van der Waals surface area (Å²) in [6.07, 6.45) is -0.481. The van der Waals surface area contributed by atoms with Gasteiger partial charge in [-0.05, 0) is 43.2 Å². The first-order valence-electron chi connectivity index (χ1n) is 8.06. The first-order valence-corrected chi connectivity index (χ1v) is 8.06. The fourth-order valence-electron chi connectivity index (χ4n) is 2.66. The van der Waals surface area contributed by atoms with Crippen LogP contribution in [0, 0.1) is 0 Å². The van der Waals surface area contributed by atoms with Gasteiger partial charge in [0, 0.05) is 5.92 Å². The number of esters is 1. The lowest BCUT2D eigenvalue weighted by Gasteiger charge is -2.25. The summed E-state index contributed by atoms with van der Waals surface area (Å²) in [5.41, 5.74) is 6.61. The van der Waals surface area contributed by atoms with E-state index in [0.717, 1.165) is 0 Å². The fourth-order valence-corrected chi connectivity index (χ4v) is 2.66. The van der Waals surface area contributed by atoms with Crippen LogP contribution >= 0.6 is 0 Å². The van der Waals surface area contributed by atoms with Gasteiger partial charge in [0.25, 0.3) is 0 Å². The highest BCUT2D eigenvalue weighted by Crippen LogP contribution is 2.32. The van der Waals surface area contributed by atoms with Gasteiger partial charge in [0.2, 0.25) is 0 Å². The summed E-state index contributed by atoms with van der Waals surface area (Å²) in [7, 11) is 0. The molecule has 0 aromatic heterocycles. The van der Waals surface area contributed by atoms with E-state index < -0.39 is 30.0 Å². The van der Waals surface area contributed by atoms with Gasteiger partial charge in [-0.15, -0.1) is 0 Å². The summed E-state index contributed by atoms with van der Waals surface area (Å²) in [4.78, 5) is 23.5. The zero-order valence-electron chi connectivity index (χ0n) is 14.2. The van der Waals surface area contributed by atoms with Crippen LogP contribution in [0.3, 0.4) is 0 Å². The minimum atomic E-state index is -1.27. The van der Waals surface area contributed by atoms with E-state index in [4.69, 9.17) is 10.5 Å². The smallest absolute Gasteiger partial charge is 0.338 e. The van der Waals surface area contributed by atoms with E-state index in [1.165, 1.54) is 18.2 Å². The second-order valence-corrected chi connectivity index (χ2v) is 6.04. The quantitative estimate of drug-likeness (QED) is 0.440. The summed E-state index contributed by atoms with van der Waals surface area (Å²) in [5.74, 6) is -3.16. The van der Waals surface area contributed by atoms with Crippen LogP contribution < -0.4 is 5.73 Å². The summed E-state index contributed by atoms with van der Waals surface area (Å²) in [6, 6.07) is 11.2. The number of nitrogens with two attached hydrogens (primary N) is 1. The second-order valence-electron chi connectivity index (χ2n) is 6.04. The average Bonchev–Trinajstić information content (AvgIpc) is 2.62. The molecule has 2 aromatic rings. The van der Waals surface area contributed by atoms with Gasteiger partial charge in [-0.25, -0.2) is 4.79 Å². The maximum Gasteiger partial charge on any atom is 0.338 e. The van der Waals surface area contributed by atoms with Crippen LogP contribution in [-0.4, -0.2) is 39.4 Å². The molecule has 3 atom stereocenters. The third kappa shape index (κ3) is 4.73. The monoisotopic (exact) mass is 359 g/mol. The highest BCUT2D eigenvalue weighted by Gasteiger charge is 2.29. The molecule has 2 rings (SSSR count). The second kappa shape index (κ2) is 8.35. The summed E-state index contributed by atoms with van der Waals surface area (Å²) in [6.45, 7) is 1.64. The number of aliphatic carboxylic acids is 1. The number of carbonyl (C=O) groups excluding carboxylic acids is 1. The molecular formula is C19H21NO6. The van der Waals surface area contributed by atoms with Crippen molar-refractivity contribution < 1.29 is 29.6 Å². The van der Waals surface area contributed by atoms with Gasteiger partial charge in [-0.2, -0.15) is 0 Å². The minimum Gasteiger partial charge on any atom is -0.504 e. The van der Waals surface area contributed by atoms with E-state index in [0.29, 0.717) is 11.1 Å². The molecule has 0 aliphatic rings. The molecule has 0 bridgehead atoms. The average molecular weight is 359 g/mol. The molecule has 0 fully saturated rings. The Kier molecular flexibility index (Phi) is 6.19. The van der Waals surface area contributed by atoms with Gasteiger partial charge in [0.15, 0.2) is 11.5 Å². The lowest BCUT2D eigenvalue weighted by Crippen LogP contribution is -2.38. The Balaban J connectivity index is 2.16. The Bertz CT molecular complexity index is 777. The molecule has 2 aromatic carbocycles. The number of benzene rings is 2. The van der Waals surface area contributed by atoms with E-state index in [1.807, 2.05) is 0 Å². The van der Waals surface area contributed by atoms with Gasteiger partial charge in [-0.1, -0.05) is 24.3 Å². The van der Waals surface area contributed by atoms with E-state index in [2.05, 4.69) is 0 Å². The molecule has 0 saturated carbocycles. The number of carboxylic acid groups (broad SMARTS) is 1. The lowest BCUT2D eigenvalue weighted by atomic mass is 9.87. The predicted molar refractivity (Wildman–Crippen MR) is 94.1 cm³/mol. The third-order valence-electron chi connectivity index (χ3n) is 4.05. The normalized spacial score (nSPS) is 14.2. The van der Waals surface area contributed by atoms with Gasteiger partial charge in [0.05, 0.1) is 5.56 Å². The Labute approximate surface area is 150 Å². The van der Waals surface area contributed by atoms with Crippen molar-refractivity contribution in [3.63, 3.8) is 0 Å². The Morgan fingerprint density at radius 3 is 2.31 bits per heavy atom. The topological polar surface area (TPSA) is 130 Å². The number of carbonyl (C=O) groups is 2. The first kappa shape index (κ1) is 19.3. The molecule has 0 radical (unpaired) electrons. The zero-order valence-corrected chi connectivity index (χ0v) is 14.2. The van der Waals surface area contributed by atoms with E-state index >= 15 is 0 Å². The van der Waals surface area contributed by atoms with E-state index in [9.17, 15) is 24.9 Å². The number of aromatic hydroxyl groups is 2. The van der Waals surface area contributed by atoms with Gasteiger partial charge in [0.1, 0.15) is 12.1 Å². The predicted octanol–water partition coefficient (Wildman–Crippen LogP) is 2.23. The largest absolute Gasteiger partial charge is 0.504 e. The van der Waals surface area contributed by atoms with E-state index in [1.54, 1.807) is 37.3 Å². The van der Waals surface area contributed by atoms with Crippen molar-refractivity contribution in [2.24, 2.45) is 5.73 Å². The van der Waals surface area contributed by atoms with E-state index in [-0.39, 0.29) is 17.9 Å². The molecule has 7 heteroatoms. The van der Waals surface area contributed by atoms with Crippen LogP contribution in [0.4, 0.5) is 0 Å². The van der Waals surface area contributed by atoms with Crippen molar-refractivity contribution in [3.05, 3.63) is 59.7 Å². The van der Waals surface area contributed by atoms with Crippen molar-refractivity contribution in [3.8, 4) is 11.5 Å². The first-order chi connectivity index (χ1) is 12.3. The van der Waals surface area contributed by atoms with Crippen LogP contribution in [0.1, 0.15) is 35.2 Å². The molecule has 0 amide bonds. The lowest BCUT2D eigenvalue weighted by molar-refractivity contribution is -0.139. The van der Waals surface area contributed by atoms with Crippen molar-refractivity contribution in [1.82, 2.24) is 0 Å². The standard InChI is InChI=1S/C19H21NO6/c1-11(26-19(25)12-5-3-2-4-6-12)9-14(17(20)18(23)24)13-7-8-15(21)16(22)10-13/h2-8,10-11,14,17,21-22H,9,20H2,1H3,(H,23,24)/t11?,14?,17-/m1/s1. The number of phenols is 2. The minimum absolute atomic E-state index is 0.135.